The van der Waals surface area contributed by atoms with Crippen molar-refractivity contribution in [3.05, 3.63) is 41.9 Å². The molecule has 2 aromatic rings. The van der Waals surface area contributed by atoms with Gasteiger partial charge in [0.05, 0.1) is 13.1 Å². The van der Waals surface area contributed by atoms with Crippen LogP contribution in [0.5, 0.6) is 0 Å². The van der Waals surface area contributed by atoms with Gasteiger partial charge in [0.25, 0.3) is 0 Å². The minimum Gasteiger partial charge on any atom is -0.449 e. The van der Waals surface area contributed by atoms with Crippen LogP contribution in [0.25, 0.3) is 0 Å². The molecule has 2 N–H and O–H groups in total. The van der Waals surface area contributed by atoms with E-state index in [4.69, 9.17) is 9.68 Å². The van der Waals surface area contributed by atoms with Crippen molar-refractivity contribution in [2.45, 2.75) is 13.1 Å². The third-order valence-electron chi connectivity index (χ3n) is 1.92. The lowest BCUT2D eigenvalue weighted by Crippen LogP contribution is -2.13. The Kier molecular flexibility index (Phi) is 2.81. The van der Waals surface area contributed by atoms with Crippen LogP contribution in [0.4, 0.5) is 0 Å². The Bertz CT molecular complexity index is 452. The Balaban J connectivity index is 1.81. The molecule has 0 saturated heterocycles. The van der Waals surface area contributed by atoms with Gasteiger partial charge >= 0.3 is 0 Å². The van der Waals surface area contributed by atoms with Crippen LogP contribution in [0, 0.1) is 11.3 Å². The van der Waals surface area contributed by atoms with Crippen LogP contribution in [0.2, 0.25) is 0 Å². The smallest absolute Gasteiger partial charge is 0.203 e. The minimum atomic E-state index is 0.338. The third-order valence-corrected chi connectivity index (χ3v) is 1.92. The van der Waals surface area contributed by atoms with E-state index in [1.54, 1.807) is 24.5 Å². The maximum atomic E-state index is 8.55. The average molecular weight is 202 g/mol. The number of hydrogen-bond acceptors (Lipinski definition) is 4. The molecule has 0 unspecified atom stereocenters. The number of H-pyrrole nitrogens is 1. The predicted molar refractivity (Wildman–Crippen MR) is 52.6 cm³/mol. The van der Waals surface area contributed by atoms with Crippen LogP contribution >= 0.6 is 0 Å². The van der Waals surface area contributed by atoms with Gasteiger partial charge in [0.1, 0.15) is 17.7 Å². The van der Waals surface area contributed by atoms with E-state index in [0.29, 0.717) is 18.8 Å². The topological polar surface area (TPSA) is 77.6 Å². The summed E-state index contributed by atoms with van der Waals surface area (Å²) < 4.78 is 5.20. The third kappa shape index (κ3) is 2.45. The fourth-order valence-electron chi connectivity index (χ4n) is 1.23. The van der Waals surface area contributed by atoms with Crippen molar-refractivity contribution in [2.24, 2.45) is 0 Å². The highest BCUT2D eigenvalue weighted by atomic mass is 16.3. The van der Waals surface area contributed by atoms with Gasteiger partial charge < -0.3 is 14.7 Å². The summed E-state index contributed by atoms with van der Waals surface area (Å²) in [5.41, 5.74) is 0. The zero-order chi connectivity index (χ0) is 10.5. The van der Waals surface area contributed by atoms with Gasteiger partial charge in [-0.05, 0) is 12.1 Å². The van der Waals surface area contributed by atoms with Crippen molar-refractivity contribution < 1.29 is 4.42 Å². The molecule has 0 aromatic carbocycles. The van der Waals surface area contributed by atoms with Gasteiger partial charge in [0.2, 0.25) is 5.76 Å². The molecule has 0 fully saturated rings. The maximum absolute atomic E-state index is 8.55. The van der Waals surface area contributed by atoms with E-state index in [1.165, 1.54) is 0 Å². The number of imidazole rings is 1. The first kappa shape index (κ1) is 9.49. The van der Waals surface area contributed by atoms with Gasteiger partial charge in [-0.2, -0.15) is 5.26 Å². The molecule has 0 aliphatic rings. The molecule has 5 nitrogen and oxygen atoms in total. The summed E-state index contributed by atoms with van der Waals surface area (Å²) in [5.74, 6) is 1.96. The van der Waals surface area contributed by atoms with E-state index in [0.717, 1.165) is 11.6 Å². The molecule has 0 amide bonds. The lowest BCUT2D eigenvalue weighted by atomic mass is 10.4. The van der Waals surface area contributed by atoms with Crippen LogP contribution in [0.15, 0.2) is 28.9 Å². The zero-order valence-corrected chi connectivity index (χ0v) is 8.03. The van der Waals surface area contributed by atoms with Crippen LogP contribution in [-0.2, 0) is 13.1 Å². The molecule has 2 heterocycles. The van der Waals surface area contributed by atoms with Crippen LogP contribution in [0.3, 0.4) is 0 Å². The standard InChI is InChI=1S/C10H10N4O/c11-5-8-1-2-9(15-8)6-12-7-10-13-3-4-14-10/h1-4,12H,6-7H2,(H,13,14). The van der Waals surface area contributed by atoms with Crippen molar-refractivity contribution in [2.75, 3.05) is 0 Å². The summed E-state index contributed by atoms with van der Waals surface area (Å²) in [6, 6.07) is 5.38. The van der Waals surface area contributed by atoms with Gasteiger partial charge in [-0.1, -0.05) is 0 Å². The molecule has 76 valence electrons. The van der Waals surface area contributed by atoms with E-state index in [2.05, 4.69) is 15.3 Å². The normalized spacial score (nSPS) is 10.1. The summed E-state index contributed by atoms with van der Waals surface area (Å²) >= 11 is 0. The Morgan fingerprint density at radius 2 is 2.40 bits per heavy atom. The van der Waals surface area contributed by atoms with Crippen molar-refractivity contribution in [1.29, 1.82) is 5.26 Å². The van der Waals surface area contributed by atoms with E-state index in [-0.39, 0.29) is 0 Å². The number of furan rings is 1. The van der Waals surface area contributed by atoms with Crippen molar-refractivity contribution in [1.82, 2.24) is 15.3 Å². The first-order chi connectivity index (χ1) is 7.38. The quantitative estimate of drug-likeness (QED) is 0.780. The molecule has 0 aliphatic heterocycles. The number of nitriles is 1. The molecule has 2 rings (SSSR count). The number of nitrogens with one attached hydrogen (secondary N) is 2. The molecule has 0 bridgehead atoms. The first-order valence-electron chi connectivity index (χ1n) is 4.56. The lowest BCUT2D eigenvalue weighted by Gasteiger charge is -1.98. The average Bonchev–Trinajstić information content (AvgIpc) is 2.88. The zero-order valence-electron chi connectivity index (χ0n) is 8.03. The van der Waals surface area contributed by atoms with Crippen molar-refractivity contribution in [3.8, 4) is 6.07 Å². The number of aromatic amines is 1. The SMILES string of the molecule is N#Cc1ccc(CNCc2ncc[nH]2)o1. The molecule has 2 aromatic heterocycles. The summed E-state index contributed by atoms with van der Waals surface area (Å²) in [6.45, 7) is 1.23. The van der Waals surface area contributed by atoms with Gasteiger partial charge in [-0.15, -0.1) is 0 Å². The van der Waals surface area contributed by atoms with Crippen LogP contribution in [-0.4, -0.2) is 9.97 Å². The van der Waals surface area contributed by atoms with E-state index in [9.17, 15) is 0 Å². The molecular formula is C10H10N4O. The number of nitrogens with zero attached hydrogens (tertiary/aromatic N) is 2. The Hall–Kier alpha value is -2.06. The van der Waals surface area contributed by atoms with Crippen molar-refractivity contribution >= 4 is 0 Å². The molecule has 0 aliphatic carbocycles. The number of hydrogen-bond donors (Lipinski definition) is 2. The van der Waals surface area contributed by atoms with Crippen molar-refractivity contribution in [3.63, 3.8) is 0 Å². The van der Waals surface area contributed by atoms with Gasteiger partial charge in [-0.3, -0.25) is 0 Å². The number of rotatable bonds is 4. The molecule has 0 atom stereocenters. The van der Waals surface area contributed by atoms with Crippen LogP contribution < -0.4 is 5.32 Å². The fourth-order valence-corrected chi connectivity index (χ4v) is 1.23. The fraction of sp³-hybridized carbons (Fsp3) is 0.200. The molecule has 0 saturated carbocycles. The maximum Gasteiger partial charge on any atom is 0.203 e. The Morgan fingerprint density at radius 1 is 1.47 bits per heavy atom. The summed E-state index contributed by atoms with van der Waals surface area (Å²) in [7, 11) is 0. The minimum absolute atomic E-state index is 0.338. The molecular weight excluding hydrogens is 192 g/mol. The second kappa shape index (κ2) is 4.44. The largest absolute Gasteiger partial charge is 0.449 e. The Labute approximate surface area is 86.7 Å². The van der Waals surface area contributed by atoms with E-state index >= 15 is 0 Å². The van der Waals surface area contributed by atoms with Gasteiger partial charge in [-0.25, -0.2) is 4.98 Å². The first-order valence-corrected chi connectivity index (χ1v) is 4.56. The van der Waals surface area contributed by atoms with E-state index in [1.807, 2.05) is 6.07 Å². The monoisotopic (exact) mass is 202 g/mol. The molecule has 15 heavy (non-hydrogen) atoms. The highest BCUT2D eigenvalue weighted by Gasteiger charge is 2.00. The Morgan fingerprint density at radius 3 is 3.07 bits per heavy atom. The molecule has 0 spiro atoms. The predicted octanol–water partition coefficient (Wildman–Crippen LogP) is 1.16. The highest BCUT2D eigenvalue weighted by Crippen LogP contribution is 2.05. The summed E-state index contributed by atoms with van der Waals surface area (Å²) in [5, 5.41) is 11.7. The number of aromatic nitrogens is 2. The molecule has 5 heteroatoms. The summed E-state index contributed by atoms with van der Waals surface area (Å²) in [6.07, 6.45) is 3.48. The lowest BCUT2D eigenvalue weighted by molar-refractivity contribution is 0.472. The van der Waals surface area contributed by atoms with Gasteiger partial charge in [0.15, 0.2) is 0 Å². The van der Waals surface area contributed by atoms with Gasteiger partial charge in [0, 0.05) is 12.4 Å². The van der Waals surface area contributed by atoms with Crippen LogP contribution in [0.1, 0.15) is 17.3 Å². The van der Waals surface area contributed by atoms with E-state index < -0.39 is 0 Å². The molecule has 0 radical (unpaired) electrons. The summed E-state index contributed by atoms with van der Waals surface area (Å²) in [4.78, 5) is 7.05. The second-order valence-electron chi connectivity index (χ2n) is 3.02. The highest BCUT2D eigenvalue weighted by molar-refractivity contribution is 5.18. The second-order valence-corrected chi connectivity index (χ2v) is 3.02.